The van der Waals surface area contributed by atoms with Gasteiger partial charge in [0.25, 0.3) is 0 Å². The molecule has 0 aromatic carbocycles. The summed E-state index contributed by atoms with van der Waals surface area (Å²) in [5.41, 5.74) is 0.235. The topological polar surface area (TPSA) is 24.5 Å². The summed E-state index contributed by atoms with van der Waals surface area (Å²) >= 11 is 0. The summed E-state index contributed by atoms with van der Waals surface area (Å²) in [6.45, 7) is 12.2. The molecular weight excluding hydrogens is 188 g/mol. The molecule has 3 heteroatoms. The van der Waals surface area contributed by atoms with Crippen molar-refractivity contribution in [2.24, 2.45) is 0 Å². The monoisotopic (exact) mass is 214 g/mol. The fourth-order valence-corrected chi connectivity index (χ4v) is 2.24. The van der Waals surface area contributed by atoms with Crippen molar-refractivity contribution in [3.63, 3.8) is 0 Å². The van der Waals surface area contributed by atoms with Crippen LogP contribution in [0.1, 0.15) is 34.1 Å². The van der Waals surface area contributed by atoms with Crippen molar-refractivity contribution in [1.29, 1.82) is 0 Å². The summed E-state index contributed by atoms with van der Waals surface area (Å²) in [4.78, 5) is 2.56. The van der Waals surface area contributed by atoms with Crippen molar-refractivity contribution in [3.05, 3.63) is 0 Å². The van der Waals surface area contributed by atoms with Gasteiger partial charge in [-0.2, -0.15) is 0 Å². The van der Waals surface area contributed by atoms with Gasteiger partial charge in [0, 0.05) is 38.3 Å². The average Bonchev–Trinajstić information content (AvgIpc) is 2.17. The molecule has 3 nitrogen and oxygen atoms in total. The zero-order chi connectivity index (χ0) is 11.5. The molecular formula is C12H26N2O. The zero-order valence-electron chi connectivity index (χ0n) is 10.8. The Balaban J connectivity index is 2.55. The van der Waals surface area contributed by atoms with Gasteiger partial charge >= 0.3 is 0 Å². The predicted octanol–water partition coefficient (Wildman–Crippen LogP) is 1.48. The van der Waals surface area contributed by atoms with Crippen molar-refractivity contribution >= 4 is 0 Å². The van der Waals surface area contributed by atoms with Gasteiger partial charge in [0.05, 0.1) is 6.10 Å². The molecule has 90 valence electrons. The van der Waals surface area contributed by atoms with Crippen molar-refractivity contribution < 1.29 is 4.74 Å². The van der Waals surface area contributed by atoms with Crippen LogP contribution in [0.25, 0.3) is 0 Å². The van der Waals surface area contributed by atoms with Crippen LogP contribution in [0.4, 0.5) is 0 Å². The van der Waals surface area contributed by atoms with Crippen LogP contribution >= 0.6 is 0 Å². The Morgan fingerprint density at radius 1 is 1.53 bits per heavy atom. The van der Waals surface area contributed by atoms with E-state index in [2.05, 4.69) is 37.9 Å². The highest BCUT2D eigenvalue weighted by atomic mass is 16.5. The van der Waals surface area contributed by atoms with Crippen molar-refractivity contribution in [3.8, 4) is 0 Å². The lowest BCUT2D eigenvalue weighted by atomic mass is 9.97. The van der Waals surface area contributed by atoms with E-state index in [1.807, 2.05) is 0 Å². The van der Waals surface area contributed by atoms with Crippen LogP contribution in [-0.2, 0) is 4.74 Å². The summed E-state index contributed by atoms with van der Waals surface area (Å²) in [6.07, 6.45) is 1.53. The zero-order valence-corrected chi connectivity index (χ0v) is 10.8. The molecule has 1 aliphatic heterocycles. The van der Waals surface area contributed by atoms with Crippen molar-refractivity contribution in [1.82, 2.24) is 10.2 Å². The van der Waals surface area contributed by atoms with Crippen LogP contribution in [0.3, 0.4) is 0 Å². The molecule has 0 aromatic rings. The number of rotatable bonds is 4. The lowest BCUT2D eigenvalue weighted by molar-refractivity contribution is 0.0267. The highest BCUT2D eigenvalue weighted by Gasteiger charge is 2.31. The molecule has 1 aliphatic rings. The largest absolute Gasteiger partial charge is 0.380 e. The maximum Gasteiger partial charge on any atom is 0.0670 e. The van der Waals surface area contributed by atoms with Gasteiger partial charge < -0.3 is 10.1 Å². The summed E-state index contributed by atoms with van der Waals surface area (Å²) in [5.74, 6) is 0. The van der Waals surface area contributed by atoms with E-state index in [1.54, 1.807) is 7.11 Å². The van der Waals surface area contributed by atoms with Gasteiger partial charge in [0.1, 0.15) is 0 Å². The molecule has 0 saturated carbocycles. The standard InChI is InChI=1S/C12H26N2O/c1-6-11-7-13-12(3,4)9-14(11)8-10(2)15-5/h10-11,13H,6-9H2,1-5H3. The summed E-state index contributed by atoms with van der Waals surface area (Å²) in [5, 5.41) is 3.60. The Morgan fingerprint density at radius 3 is 2.73 bits per heavy atom. The minimum atomic E-state index is 0.235. The van der Waals surface area contributed by atoms with E-state index >= 15 is 0 Å². The molecule has 2 atom stereocenters. The highest BCUT2D eigenvalue weighted by Crippen LogP contribution is 2.17. The molecule has 0 spiro atoms. The van der Waals surface area contributed by atoms with Crippen molar-refractivity contribution in [2.75, 3.05) is 26.7 Å². The number of nitrogens with zero attached hydrogens (tertiary/aromatic N) is 1. The number of hydrogen-bond donors (Lipinski definition) is 1. The fourth-order valence-electron chi connectivity index (χ4n) is 2.24. The SMILES string of the molecule is CCC1CNC(C)(C)CN1CC(C)OC. The third-order valence-corrected chi connectivity index (χ3v) is 3.30. The molecule has 1 fully saturated rings. The average molecular weight is 214 g/mol. The number of ether oxygens (including phenoxy) is 1. The van der Waals surface area contributed by atoms with Gasteiger partial charge in [0.2, 0.25) is 0 Å². The van der Waals surface area contributed by atoms with Gasteiger partial charge in [-0.3, -0.25) is 4.90 Å². The smallest absolute Gasteiger partial charge is 0.0670 e. The van der Waals surface area contributed by atoms with E-state index in [-0.39, 0.29) is 5.54 Å². The molecule has 1 N–H and O–H groups in total. The van der Waals surface area contributed by atoms with E-state index in [9.17, 15) is 0 Å². The lowest BCUT2D eigenvalue weighted by Gasteiger charge is -2.45. The second-order valence-electron chi connectivity index (χ2n) is 5.30. The molecule has 1 saturated heterocycles. The molecule has 0 radical (unpaired) electrons. The minimum absolute atomic E-state index is 0.235. The number of nitrogens with one attached hydrogen (secondary N) is 1. The summed E-state index contributed by atoms with van der Waals surface area (Å²) in [6, 6.07) is 0.663. The Hall–Kier alpha value is -0.120. The summed E-state index contributed by atoms with van der Waals surface area (Å²) < 4.78 is 5.35. The van der Waals surface area contributed by atoms with Crippen LogP contribution in [0.15, 0.2) is 0 Å². The van der Waals surface area contributed by atoms with Crippen LogP contribution in [0.5, 0.6) is 0 Å². The van der Waals surface area contributed by atoms with E-state index < -0.39 is 0 Å². The first-order valence-electron chi connectivity index (χ1n) is 6.00. The maximum atomic E-state index is 5.35. The molecule has 0 amide bonds. The van der Waals surface area contributed by atoms with E-state index in [4.69, 9.17) is 4.74 Å². The Kier molecular flexibility index (Phi) is 4.56. The molecule has 2 unspecified atom stereocenters. The third-order valence-electron chi connectivity index (χ3n) is 3.30. The van der Waals surface area contributed by atoms with Crippen LogP contribution in [0, 0.1) is 0 Å². The number of piperazine rings is 1. The minimum Gasteiger partial charge on any atom is -0.380 e. The normalized spacial score (nSPS) is 29.0. The van der Waals surface area contributed by atoms with E-state index in [1.165, 1.54) is 6.42 Å². The summed E-state index contributed by atoms with van der Waals surface area (Å²) in [7, 11) is 1.79. The van der Waals surface area contributed by atoms with E-state index in [0.29, 0.717) is 12.1 Å². The highest BCUT2D eigenvalue weighted by molar-refractivity contribution is 4.92. The molecule has 1 rings (SSSR count). The Morgan fingerprint density at radius 2 is 2.20 bits per heavy atom. The van der Waals surface area contributed by atoms with E-state index in [0.717, 1.165) is 19.6 Å². The van der Waals surface area contributed by atoms with Gasteiger partial charge in [-0.1, -0.05) is 6.92 Å². The fraction of sp³-hybridized carbons (Fsp3) is 1.00. The third kappa shape index (κ3) is 3.74. The number of methoxy groups -OCH3 is 1. The van der Waals surface area contributed by atoms with Gasteiger partial charge in [-0.25, -0.2) is 0 Å². The maximum absolute atomic E-state index is 5.35. The molecule has 0 aliphatic carbocycles. The molecule has 15 heavy (non-hydrogen) atoms. The predicted molar refractivity (Wildman–Crippen MR) is 64.2 cm³/mol. The van der Waals surface area contributed by atoms with Gasteiger partial charge in [-0.15, -0.1) is 0 Å². The first-order valence-corrected chi connectivity index (χ1v) is 6.00. The Bertz CT molecular complexity index is 194. The van der Waals surface area contributed by atoms with Crippen LogP contribution in [0.2, 0.25) is 0 Å². The molecule has 0 aromatic heterocycles. The van der Waals surface area contributed by atoms with Crippen LogP contribution in [-0.4, -0.2) is 49.3 Å². The second kappa shape index (κ2) is 5.28. The Labute approximate surface area is 94.2 Å². The van der Waals surface area contributed by atoms with Crippen LogP contribution < -0.4 is 5.32 Å². The first kappa shape index (κ1) is 12.9. The first-order chi connectivity index (χ1) is 6.98. The van der Waals surface area contributed by atoms with Gasteiger partial charge in [-0.05, 0) is 27.2 Å². The second-order valence-corrected chi connectivity index (χ2v) is 5.30. The van der Waals surface area contributed by atoms with Crippen molar-refractivity contribution in [2.45, 2.75) is 51.8 Å². The molecule has 1 heterocycles. The lowest BCUT2D eigenvalue weighted by Crippen LogP contribution is -2.62. The molecule has 0 bridgehead atoms. The number of hydrogen-bond acceptors (Lipinski definition) is 3. The quantitative estimate of drug-likeness (QED) is 0.767. The van der Waals surface area contributed by atoms with Gasteiger partial charge in [0.15, 0.2) is 0 Å².